The molecule has 3 aromatic rings. The number of carbonyl (C=O) groups is 1. The second kappa shape index (κ2) is 6.28. The number of fused-ring (bicyclic) bond motifs is 1. The van der Waals surface area contributed by atoms with Gasteiger partial charge in [0.05, 0.1) is 30.2 Å². The second-order valence-electron chi connectivity index (χ2n) is 6.13. The highest BCUT2D eigenvalue weighted by Crippen LogP contribution is 2.20. The normalized spacial score (nSPS) is 12.7. The van der Waals surface area contributed by atoms with Crippen molar-refractivity contribution < 1.29 is 9.21 Å². The summed E-state index contributed by atoms with van der Waals surface area (Å²) in [5.74, 6) is 1.14. The Hall–Kier alpha value is -2.56. The number of nitrogens with zero attached hydrogens (tertiary/aromatic N) is 2. The molecule has 0 saturated carbocycles. The number of nitrogens with one attached hydrogen (secondary N) is 1. The molecule has 5 nitrogen and oxygen atoms in total. The zero-order valence-electron chi connectivity index (χ0n) is 13.6. The van der Waals surface area contributed by atoms with E-state index in [-0.39, 0.29) is 11.9 Å². The van der Waals surface area contributed by atoms with Crippen molar-refractivity contribution in [2.24, 2.45) is 5.92 Å². The highest BCUT2D eigenvalue weighted by molar-refractivity contribution is 5.97. The maximum absolute atomic E-state index is 13.0. The van der Waals surface area contributed by atoms with Crippen LogP contribution in [0.4, 0.5) is 0 Å². The minimum Gasteiger partial charge on any atom is -0.467 e. The number of hydrogen-bond acceptors (Lipinski definition) is 3. The number of rotatable bonds is 5. The van der Waals surface area contributed by atoms with Crippen molar-refractivity contribution in [3.05, 3.63) is 54.2 Å². The first-order valence-corrected chi connectivity index (χ1v) is 7.82. The SMILES string of the molecule is CC(C)[C@H](C)N(Cc1ccco1)C(=O)c1ccc2nc[nH]c2c1. The van der Waals surface area contributed by atoms with E-state index < -0.39 is 0 Å². The number of aromatic nitrogens is 2. The van der Waals surface area contributed by atoms with E-state index in [1.54, 1.807) is 12.6 Å². The molecule has 120 valence electrons. The van der Waals surface area contributed by atoms with Gasteiger partial charge in [0.15, 0.2) is 0 Å². The molecule has 0 spiro atoms. The van der Waals surface area contributed by atoms with Gasteiger partial charge in [-0.2, -0.15) is 0 Å². The van der Waals surface area contributed by atoms with Crippen molar-refractivity contribution in [2.45, 2.75) is 33.4 Å². The maximum Gasteiger partial charge on any atom is 0.254 e. The lowest BCUT2D eigenvalue weighted by molar-refractivity contribution is 0.0611. The van der Waals surface area contributed by atoms with Gasteiger partial charge < -0.3 is 14.3 Å². The molecule has 1 amide bonds. The number of carbonyl (C=O) groups excluding carboxylic acids is 1. The molecule has 1 atom stereocenters. The summed E-state index contributed by atoms with van der Waals surface area (Å²) in [5, 5.41) is 0. The first-order chi connectivity index (χ1) is 11.1. The molecule has 0 aliphatic heterocycles. The number of amides is 1. The largest absolute Gasteiger partial charge is 0.467 e. The van der Waals surface area contributed by atoms with Gasteiger partial charge in [0, 0.05) is 11.6 Å². The van der Waals surface area contributed by atoms with Crippen LogP contribution in [0.3, 0.4) is 0 Å². The molecular formula is C18H21N3O2. The Bertz CT molecular complexity index is 790. The first-order valence-electron chi connectivity index (χ1n) is 7.82. The number of furan rings is 1. The van der Waals surface area contributed by atoms with Crippen molar-refractivity contribution in [3.63, 3.8) is 0 Å². The van der Waals surface area contributed by atoms with Gasteiger partial charge in [-0.15, -0.1) is 0 Å². The smallest absolute Gasteiger partial charge is 0.254 e. The van der Waals surface area contributed by atoms with Gasteiger partial charge in [-0.25, -0.2) is 4.98 Å². The lowest BCUT2D eigenvalue weighted by atomic mass is 10.0. The molecule has 5 heteroatoms. The Kier molecular flexibility index (Phi) is 4.19. The van der Waals surface area contributed by atoms with Gasteiger partial charge in [-0.1, -0.05) is 13.8 Å². The van der Waals surface area contributed by atoms with Crippen LogP contribution in [-0.4, -0.2) is 26.8 Å². The molecule has 1 aromatic carbocycles. The summed E-state index contributed by atoms with van der Waals surface area (Å²) in [6.07, 6.45) is 3.27. The van der Waals surface area contributed by atoms with E-state index in [1.165, 1.54) is 0 Å². The number of hydrogen-bond donors (Lipinski definition) is 1. The predicted molar refractivity (Wildman–Crippen MR) is 89.0 cm³/mol. The number of H-pyrrole nitrogens is 1. The average molecular weight is 311 g/mol. The minimum absolute atomic E-state index is 0.000833. The van der Waals surface area contributed by atoms with Crippen LogP contribution in [0, 0.1) is 5.92 Å². The summed E-state index contributed by atoms with van der Waals surface area (Å²) in [7, 11) is 0. The third kappa shape index (κ3) is 3.13. The fourth-order valence-corrected chi connectivity index (χ4v) is 2.57. The molecule has 3 rings (SSSR count). The zero-order chi connectivity index (χ0) is 16.4. The van der Waals surface area contributed by atoms with Gasteiger partial charge in [-0.3, -0.25) is 4.79 Å². The Morgan fingerprint density at radius 2 is 2.13 bits per heavy atom. The van der Waals surface area contributed by atoms with E-state index in [2.05, 4.69) is 30.7 Å². The van der Waals surface area contributed by atoms with E-state index in [0.717, 1.165) is 16.8 Å². The van der Waals surface area contributed by atoms with E-state index in [0.29, 0.717) is 18.0 Å². The number of benzene rings is 1. The zero-order valence-corrected chi connectivity index (χ0v) is 13.6. The van der Waals surface area contributed by atoms with Gasteiger partial charge in [-0.05, 0) is 43.2 Å². The Labute approximate surface area is 135 Å². The van der Waals surface area contributed by atoms with Crippen LogP contribution >= 0.6 is 0 Å². The van der Waals surface area contributed by atoms with Crippen molar-refractivity contribution >= 4 is 16.9 Å². The van der Waals surface area contributed by atoms with Crippen LogP contribution in [-0.2, 0) is 6.54 Å². The van der Waals surface area contributed by atoms with Crippen molar-refractivity contribution in [2.75, 3.05) is 0 Å². The Balaban J connectivity index is 1.92. The monoisotopic (exact) mass is 311 g/mol. The topological polar surface area (TPSA) is 62.1 Å². The summed E-state index contributed by atoms with van der Waals surface area (Å²) < 4.78 is 5.43. The highest BCUT2D eigenvalue weighted by atomic mass is 16.3. The standard InChI is InChI=1S/C18H21N3O2/c1-12(2)13(3)21(10-15-5-4-8-23-15)18(22)14-6-7-16-17(9-14)20-11-19-16/h4-9,11-13H,10H2,1-3H3,(H,19,20)/t13-/m0/s1. The molecule has 23 heavy (non-hydrogen) atoms. The summed E-state index contributed by atoms with van der Waals surface area (Å²) in [6.45, 7) is 6.77. The fourth-order valence-electron chi connectivity index (χ4n) is 2.57. The van der Waals surface area contributed by atoms with Gasteiger partial charge in [0.2, 0.25) is 0 Å². The second-order valence-corrected chi connectivity index (χ2v) is 6.13. The van der Waals surface area contributed by atoms with Crippen LogP contribution in [0.2, 0.25) is 0 Å². The predicted octanol–water partition coefficient (Wildman–Crippen LogP) is 3.84. The number of imidazole rings is 1. The molecule has 2 aromatic heterocycles. The van der Waals surface area contributed by atoms with E-state index in [9.17, 15) is 4.79 Å². The van der Waals surface area contributed by atoms with Gasteiger partial charge >= 0.3 is 0 Å². The third-order valence-electron chi connectivity index (χ3n) is 4.29. The molecule has 2 heterocycles. The molecule has 0 radical (unpaired) electrons. The maximum atomic E-state index is 13.0. The van der Waals surface area contributed by atoms with E-state index >= 15 is 0 Å². The van der Waals surface area contributed by atoms with Crippen molar-refractivity contribution in [1.82, 2.24) is 14.9 Å². The average Bonchev–Trinajstić information content (AvgIpc) is 3.21. The third-order valence-corrected chi connectivity index (χ3v) is 4.29. The molecule has 0 aliphatic carbocycles. The van der Waals surface area contributed by atoms with Crippen LogP contribution < -0.4 is 0 Å². The lowest BCUT2D eigenvalue weighted by Gasteiger charge is -2.31. The molecule has 0 aliphatic rings. The summed E-state index contributed by atoms with van der Waals surface area (Å²) in [5.41, 5.74) is 2.38. The van der Waals surface area contributed by atoms with Crippen LogP contribution in [0.1, 0.15) is 36.9 Å². The summed E-state index contributed by atoms with van der Waals surface area (Å²) >= 11 is 0. The molecule has 0 unspecified atom stereocenters. The molecule has 0 bridgehead atoms. The quantitative estimate of drug-likeness (QED) is 0.778. The van der Waals surface area contributed by atoms with Crippen LogP contribution in [0.5, 0.6) is 0 Å². The lowest BCUT2D eigenvalue weighted by Crippen LogP contribution is -2.40. The summed E-state index contributed by atoms with van der Waals surface area (Å²) in [6, 6.07) is 9.38. The fraction of sp³-hybridized carbons (Fsp3) is 0.333. The van der Waals surface area contributed by atoms with Crippen LogP contribution in [0.25, 0.3) is 11.0 Å². The van der Waals surface area contributed by atoms with E-state index in [1.807, 2.05) is 35.2 Å². The van der Waals surface area contributed by atoms with Crippen LogP contribution in [0.15, 0.2) is 47.3 Å². The molecule has 0 fully saturated rings. The first kappa shape index (κ1) is 15.3. The Morgan fingerprint density at radius 1 is 1.30 bits per heavy atom. The van der Waals surface area contributed by atoms with Gasteiger partial charge in [0.25, 0.3) is 5.91 Å². The summed E-state index contributed by atoms with van der Waals surface area (Å²) in [4.78, 5) is 22.1. The highest BCUT2D eigenvalue weighted by Gasteiger charge is 2.25. The number of aromatic amines is 1. The molecular weight excluding hydrogens is 290 g/mol. The molecule has 1 N–H and O–H groups in total. The van der Waals surface area contributed by atoms with Crippen molar-refractivity contribution in [1.29, 1.82) is 0 Å². The molecule has 0 saturated heterocycles. The minimum atomic E-state index is -0.000833. The Morgan fingerprint density at radius 3 is 2.83 bits per heavy atom. The van der Waals surface area contributed by atoms with Crippen molar-refractivity contribution in [3.8, 4) is 0 Å². The van der Waals surface area contributed by atoms with Gasteiger partial charge in [0.1, 0.15) is 5.76 Å². The van der Waals surface area contributed by atoms with E-state index in [4.69, 9.17) is 4.42 Å².